The molecule has 10 rings (SSSR count). The highest BCUT2D eigenvalue weighted by Gasteiger charge is 2.53. The molecule has 2 saturated heterocycles. The fraction of sp³-hybridized carbons (Fsp3) is 0.222. The monoisotopic (exact) mass is 784 g/mol. The van der Waals surface area contributed by atoms with E-state index in [1.165, 1.54) is 33.0 Å². The van der Waals surface area contributed by atoms with Gasteiger partial charge in [0.25, 0.3) is 0 Å². The molecular weight excluding hydrogens is 734 g/mol. The van der Waals surface area contributed by atoms with Crippen LogP contribution in [0.1, 0.15) is 55.4 Å². The Morgan fingerprint density at radius 3 is 0.850 bits per heavy atom. The maximum atomic E-state index is 6.73. The minimum absolute atomic E-state index is 0.483. The van der Waals surface area contributed by atoms with Gasteiger partial charge in [-0.2, -0.15) is 0 Å². The van der Waals surface area contributed by atoms with Crippen molar-refractivity contribution in [2.45, 2.75) is 77.8 Å². The van der Waals surface area contributed by atoms with Gasteiger partial charge < -0.3 is 18.6 Å². The molecule has 0 bridgehead atoms. The minimum atomic E-state index is -0.526. The first-order valence-electron chi connectivity index (χ1n) is 21.2. The quantitative estimate of drug-likeness (QED) is 0.124. The summed E-state index contributed by atoms with van der Waals surface area (Å²) in [5.74, 6) is 0. The molecule has 2 fully saturated rings. The van der Waals surface area contributed by atoms with Crippen LogP contribution >= 0.6 is 0 Å². The molecule has 0 atom stereocenters. The van der Waals surface area contributed by atoms with E-state index in [2.05, 4.69) is 213 Å². The SMILES string of the molecule is CC1(C)OB(c2ccc3c4ccc(B5OC(C)(C)C(C)(C)O5)cc4c4c(-c5ccccc5)c(-c5ccccc5)c(-c5ccccc5)c(-c5ccccc5)c4c3c2)OC1(C)C. The molecule has 60 heavy (non-hydrogen) atoms. The van der Waals surface area contributed by atoms with Crippen molar-refractivity contribution in [1.82, 2.24) is 0 Å². The maximum Gasteiger partial charge on any atom is 0.494 e. The van der Waals surface area contributed by atoms with Crippen molar-refractivity contribution < 1.29 is 18.6 Å². The summed E-state index contributed by atoms with van der Waals surface area (Å²) < 4.78 is 26.9. The van der Waals surface area contributed by atoms with E-state index in [1.54, 1.807) is 0 Å². The lowest BCUT2D eigenvalue weighted by Gasteiger charge is -2.32. The first-order chi connectivity index (χ1) is 28.7. The normalized spacial score (nSPS) is 17.9. The molecule has 0 aromatic heterocycles. The van der Waals surface area contributed by atoms with Gasteiger partial charge in [-0.15, -0.1) is 0 Å². The molecular formula is C54H50B2O4. The van der Waals surface area contributed by atoms with E-state index >= 15 is 0 Å². The van der Waals surface area contributed by atoms with Crippen LogP contribution in [0.5, 0.6) is 0 Å². The van der Waals surface area contributed by atoms with Crippen LogP contribution in [0.15, 0.2) is 158 Å². The molecule has 6 heteroatoms. The molecule has 0 radical (unpaired) electrons. The third-order valence-corrected chi connectivity index (χ3v) is 13.7. The number of rotatable bonds is 6. The number of benzene rings is 8. The second kappa shape index (κ2) is 14.0. The summed E-state index contributed by atoms with van der Waals surface area (Å²) in [6.07, 6.45) is 0. The Balaban J connectivity index is 1.45. The third kappa shape index (κ3) is 6.15. The van der Waals surface area contributed by atoms with Crippen LogP contribution < -0.4 is 10.9 Å². The summed E-state index contributed by atoms with van der Waals surface area (Å²) in [5, 5.41) is 6.93. The van der Waals surface area contributed by atoms with Crippen LogP contribution in [0.3, 0.4) is 0 Å². The Morgan fingerprint density at radius 1 is 0.300 bits per heavy atom. The molecule has 0 saturated carbocycles. The van der Waals surface area contributed by atoms with Gasteiger partial charge in [0.15, 0.2) is 0 Å². The predicted octanol–water partition coefficient (Wildman–Crippen LogP) is 12.4. The Kier molecular flexibility index (Phi) is 9.06. The van der Waals surface area contributed by atoms with Gasteiger partial charge in [0, 0.05) is 0 Å². The van der Waals surface area contributed by atoms with Gasteiger partial charge in [-0.05, 0) is 143 Å². The van der Waals surface area contributed by atoms with E-state index < -0.39 is 36.6 Å². The zero-order chi connectivity index (χ0) is 41.6. The second-order valence-electron chi connectivity index (χ2n) is 18.5. The molecule has 296 valence electrons. The minimum Gasteiger partial charge on any atom is -0.399 e. The van der Waals surface area contributed by atoms with Crippen molar-refractivity contribution in [3.63, 3.8) is 0 Å². The number of fused-ring (bicyclic) bond motifs is 6. The molecule has 2 aliphatic heterocycles. The fourth-order valence-electron chi connectivity index (χ4n) is 9.12. The first kappa shape index (κ1) is 38.7. The summed E-state index contributed by atoms with van der Waals surface area (Å²) in [4.78, 5) is 0. The van der Waals surface area contributed by atoms with Gasteiger partial charge in [0.2, 0.25) is 0 Å². The van der Waals surface area contributed by atoms with E-state index in [0.717, 1.165) is 54.7 Å². The Morgan fingerprint density at radius 2 is 0.567 bits per heavy atom. The summed E-state index contributed by atoms with van der Waals surface area (Å²) in [6.45, 7) is 16.9. The lowest BCUT2D eigenvalue weighted by molar-refractivity contribution is 0.00578. The highest BCUT2D eigenvalue weighted by Crippen LogP contribution is 2.54. The van der Waals surface area contributed by atoms with E-state index in [1.807, 2.05) is 0 Å². The maximum absolute atomic E-state index is 6.73. The molecule has 8 aromatic carbocycles. The van der Waals surface area contributed by atoms with E-state index in [-0.39, 0.29) is 0 Å². The summed E-state index contributed by atoms with van der Waals surface area (Å²) in [6, 6.07) is 57.2. The predicted molar refractivity (Wildman–Crippen MR) is 252 cm³/mol. The van der Waals surface area contributed by atoms with Gasteiger partial charge in [-0.3, -0.25) is 0 Å². The molecule has 0 unspecified atom stereocenters. The van der Waals surface area contributed by atoms with Crippen molar-refractivity contribution in [2.75, 3.05) is 0 Å². The lowest BCUT2D eigenvalue weighted by atomic mass is 9.72. The highest BCUT2D eigenvalue weighted by atomic mass is 16.7. The molecule has 2 aliphatic rings. The van der Waals surface area contributed by atoms with Crippen LogP contribution in [-0.2, 0) is 18.6 Å². The van der Waals surface area contributed by atoms with Crippen LogP contribution in [0, 0.1) is 0 Å². The third-order valence-electron chi connectivity index (χ3n) is 13.7. The Bertz CT molecular complexity index is 2690. The smallest absolute Gasteiger partial charge is 0.399 e. The standard InChI is InChI=1S/C54H50B2O4/c1-51(2)52(3,4)58-55(57-51)39-29-31-41-42-32-30-40(56-59-53(5,6)54(7,8)60-56)34-44(42)50-48(38-27-19-12-20-28-38)46(36-23-15-10-16-24-36)45(35-21-13-9-14-22-35)47(49(50)43(41)33-39)37-25-17-11-18-26-37/h9-34H,1-8H3. The van der Waals surface area contributed by atoms with Crippen LogP contribution in [0.4, 0.5) is 0 Å². The van der Waals surface area contributed by atoms with E-state index in [4.69, 9.17) is 18.6 Å². The average molecular weight is 785 g/mol. The number of hydrogen-bond acceptors (Lipinski definition) is 4. The highest BCUT2D eigenvalue weighted by molar-refractivity contribution is 6.63. The summed E-state index contributed by atoms with van der Waals surface area (Å²) in [5.41, 5.74) is 9.34. The van der Waals surface area contributed by atoms with Crippen LogP contribution in [-0.4, -0.2) is 36.6 Å². The molecule has 0 aliphatic carbocycles. The van der Waals surface area contributed by atoms with Crippen LogP contribution in [0.2, 0.25) is 0 Å². The lowest BCUT2D eigenvalue weighted by Crippen LogP contribution is -2.41. The van der Waals surface area contributed by atoms with Crippen molar-refractivity contribution in [2.24, 2.45) is 0 Å². The Labute approximate surface area is 354 Å². The van der Waals surface area contributed by atoms with Gasteiger partial charge in [-0.1, -0.05) is 158 Å². The van der Waals surface area contributed by atoms with Gasteiger partial charge in [0.1, 0.15) is 0 Å². The van der Waals surface area contributed by atoms with E-state index in [0.29, 0.717) is 0 Å². The molecule has 8 aromatic rings. The number of hydrogen-bond donors (Lipinski definition) is 0. The summed E-state index contributed by atoms with van der Waals surface area (Å²) in [7, 11) is -1.05. The summed E-state index contributed by atoms with van der Waals surface area (Å²) >= 11 is 0. The Hall–Kier alpha value is -5.49. The van der Waals surface area contributed by atoms with Crippen molar-refractivity contribution in [3.05, 3.63) is 158 Å². The van der Waals surface area contributed by atoms with Gasteiger partial charge in [-0.25, -0.2) is 0 Å². The average Bonchev–Trinajstić information content (AvgIpc) is 3.62. The van der Waals surface area contributed by atoms with E-state index in [9.17, 15) is 0 Å². The van der Waals surface area contributed by atoms with Crippen LogP contribution in [0.25, 0.3) is 76.8 Å². The van der Waals surface area contributed by atoms with Gasteiger partial charge in [0.05, 0.1) is 22.4 Å². The van der Waals surface area contributed by atoms with Crippen molar-refractivity contribution in [1.29, 1.82) is 0 Å². The zero-order valence-electron chi connectivity index (χ0n) is 35.8. The van der Waals surface area contributed by atoms with Crippen molar-refractivity contribution >= 4 is 57.5 Å². The molecule has 4 nitrogen and oxygen atoms in total. The first-order valence-corrected chi connectivity index (χ1v) is 21.2. The molecule has 0 amide bonds. The van der Waals surface area contributed by atoms with Gasteiger partial charge >= 0.3 is 14.2 Å². The largest absolute Gasteiger partial charge is 0.494 e. The second-order valence-corrected chi connectivity index (χ2v) is 18.5. The topological polar surface area (TPSA) is 36.9 Å². The fourth-order valence-corrected chi connectivity index (χ4v) is 9.12. The molecule has 0 N–H and O–H groups in total. The molecule has 0 spiro atoms. The van der Waals surface area contributed by atoms with Crippen molar-refractivity contribution in [3.8, 4) is 44.5 Å². The molecule has 2 heterocycles. The zero-order valence-corrected chi connectivity index (χ0v) is 35.8.